The van der Waals surface area contributed by atoms with Gasteiger partial charge in [-0.05, 0) is 56.0 Å². The number of anilines is 2. The van der Waals surface area contributed by atoms with Gasteiger partial charge in [0.2, 0.25) is 5.91 Å². The third kappa shape index (κ3) is 3.54. The SMILES string of the molecule is CCN1C(=O)c2cc(NC(=O)CC3CCCC3)ccc2Oc2ccccc21. The van der Waals surface area contributed by atoms with Gasteiger partial charge in [0, 0.05) is 18.7 Å². The smallest absolute Gasteiger partial charge is 0.262 e. The van der Waals surface area contributed by atoms with E-state index < -0.39 is 0 Å². The van der Waals surface area contributed by atoms with E-state index >= 15 is 0 Å². The lowest BCUT2D eigenvalue weighted by molar-refractivity contribution is -0.117. The molecule has 2 aromatic carbocycles. The molecule has 0 atom stereocenters. The van der Waals surface area contributed by atoms with Crippen molar-refractivity contribution in [3.05, 3.63) is 48.0 Å². The summed E-state index contributed by atoms with van der Waals surface area (Å²) in [5.41, 5.74) is 1.86. The van der Waals surface area contributed by atoms with Crippen molar-refractivity contribution in [2.24, 2.45) is 5.92 Å². The van der Waals surface area contributed by atoms with Crippen LogP contribution in [0.3, 0.4) is 0 Å². The third-order valence-corrected chi connectivity index (χ3v) is 5.38. The summed E-state index contributed by atoms with van der Waals surface area (Å²) in [7, 11) is 0. The van der Waals surface area contributed by atoms with Crippen LogP contribution in [-0.2, 0) is 4.79 Å². The summed E-state index contributed by atoms with van der Waals surface area (Å²) in [6.07, 6.45) is 5.25. The number of hydrogen-bond acceptors (Lipinski definition) is 3. The zero-order valence-corrected chi connectivity index (χ0v) is 15.5. The van der Waals surface area contributed by atoms with Crippen LogP contribution < -0.4 is 15.0 Å². The number of para-hydroxylation sites is 2. The lowest BCUT2D eigenvalue weighted by Gasteiger charge is -2.20. The van der Waals surface area contributed by atoms with Crippen LogP contribution in [0, 0.1) is 5.92 Å². The van der Waals surface area contributed by atoms with Gasteiger partial charge in [0.05, 0.1) is 11.3 Å². The fourth-order valence-electron chi connectivity index (χ4n) is 4.01. The van der Waals surface area contributed by atoms with Crippen LogP contribution in [0.2, 0.25) is 0 Å². The van der Waals surface area contributed by atoms with E-state index in [1.807, 2.05) is 31.2 Å². The maximum atomic E-state index is 13.1. The van der Waals surface area contributed by atoms with Gasteiger partial charge < -0.3 is 15.0 Å². The fourth-order valence-corrected chi connectivity index (χ4v) is 4.01. The number of nitrogens with one attached hydrogen (secondary N) is 1. The van der Waals surface area contributed by atoms with Gasteiger partial charge in [-0.1, -0.05) is 25.0 Å². The average Bonchev–Trinajstić information content (AvgIpc) is 3.13. The first kappa shape index (κ1) is 17.6. The van der Waals surface area contributed by atoms with Crippen LogP contribution >= 0.6 is 0 Å². The Morgan fingerprint density at radius 1 is 1.15 bits per heavy atom. The molecule has 140 valence electrons. The average molecular weight is 364 g/mol. The molecule has 1 fully saturated rings. The van der Waals surface area contributed by atoms with Crippen molar-refractivity contribution in [2.75, 3.05) is 16.8 Å². The molecule has 2 aromatic rings. The van der Waals surface area contributed by atoms with Gasteiger partial charge in [-0.25, -0.2) is 0 Å². The molecule has 1 saturated carbocycles. The molecule has 0 aromatic heterocycles. The van der Waals surface area contributed by atoms with E-state index in [1.165, 1.54) is 12.8 Å². The largest absolute Gasteiger partial charge is 0.454 e. The molecule has 5 heteroatoms. The molecule has 1 aliphatic carbocycles. The molecule has 0 radical (unpaired) electrons. The van der Waals surface area contributed by atoms with Gasteiger partial charge in [0.1, 0.15) is 5.75 Å². The Morgan fingerprint density at radius 2 is 1.93 bits per heavy atom. The maximum absolute atomic E-state index is 13.1. The summed E-state index contributed by atoms with van der Waals surface area (Å²) in [5, 5.41) is 2.95. The number of rotatable bonds is 4. The van der Waals surface area contributed by atoms with Crippen molar-refractivity contribution >= 4 is 23.2 Å². The van der Waals surface area contributed by atoms with Crippen molar-refractivity contribution in [3.8, 4) is 11.5 Å². The highest BCUT2D eigenvalue weighted by atomic mass is 16.5. The second-order valence-electron chi connectivity index (χ2n) is 7.23. The Balaban J connectivity index is 1.59. The predicted octanol–water partition coefficient (Wildman–Crippen LogP) is 4.98. The molecule has 4 rings (SSSR count). The number of carbonyl (C=O) groups excluding carboxylic acids is 2. The van der Waals surface area contributed by atoms with E-state index in [-0.39, 0.29) is 11.8 Å². The zero-order valence-electron chi connectivity index (χ0n) is 15.5. The summed E-state index contributed by atoms with van der Waals surface area (Å²) in [5.74, 6) is 1.55. The third-order valence-electron chi connectivity index (χ3n) is 5.38. The van der Waals surface area contributed by atoms with Crippen LogP contribution in [0.15, 0.2) is 42.5 Å². The molecular formula is C22H24N2O3. The number of nitrogens with zero attached hydrogens (tertiary/aromatic N) is 1. The molecule has 0 bridgehead atoms. The molecule has 1 heterocycles. The molecule has 0 spiro atoms. The van der Waals surface area contributed by atoms with E-state index in [1.54, 1.807) is 23.1 Å². The van der Waals surface area contributed by atoms with Crippen molar-refractivity contribution < 1.29 is 14.3 Å². The summed E-state index contributed by atoms with van der Waals surface area (Å²) < 4.78 is 6.00. The van der Waals surface area contributed by atoms with Crippen molar-refractivity contribution in [1.82, 2.24) is 0 Å². The lowest BCUT2D eigenvalue weighted by atomic mass is 10.0. The Kier molecular flexibility index (Phi) is 4.84. The van der Waals surface area contributed by atoms with Gasteiger partial charge in [0.15, 0.2) is 5.75 Å². The van der Waals surface area contributed by atoms with Crippen molar-refractivity contribution in [2.45, 2.75) is 39.0 Å². The molecule has 2 amide bonds. The van der Waals surface area contributed by atoms with E-state index in [0.717, 1.165) is 18.5 Å². The van der Waals surface area contributed by atoms with Gasteiger partial charge >= 0.3 is 0 Å². The number of carbonyl (C=O) groups is 2. The summed E-state index contributed by atoms with van der Waals surface area (Å²) in [6, 6.07) is 12.8. The minimum Gasteiger partial charge on any atom is -0.454 e. The lowest BCUT2D eigenvalue weighted by Crippen LogP contribution is -2.29. The van der Waals surface area contributed by atoms with E-state index in [2.05, 4.69) is 5.32 Å². The minimum absolute atomic E-state index is 0.0134. The Morgan fingerprint density at radius 3 is 2.70 bits per heavy atom. The molecular weight excluding hydrogens is 340 g/mol. The summed E-state index contributed by atoms with van der Waals surface area (Å²) in [4.78, 5) is 27.1. The molecule has 0 saturated heterocycles. The Hall–Kier alpha value is -2.82. The van der Waals surface area contributed by atoms with Crippen LogP contribution in [0.5, 0.6) is 11.5 Å². The highest BCUT2D eigenvalue weighted by Gasteiger charge is 2.27. The quantitative estimate of drug-likeness (QED) is 0.832. The molecule has 1 N–H and O–H groups in total. The number of hydrogen-bond donors (Lipinski definition) is 1. The summed E-state index contributed by atoms with van der Waals surface area (Å²) >= 11 is 0. The molecule has 1 aliphatic heterocycles. The number of benzene rings is 2. The first-order chi connectivity index (χ1) is 13.2. The highest BCUT2D eigenvalue weighted by Crippen LogP contribution is 2.39. The monoisotopic (exact) mass is 364 g/mol. The topological polar surface area (TPSA) is 58.6 Å². The minimum atomic E-state index is -0.121. The van der Waals surface area contributed by atoms with Gasteiger partial charge in [-0.3, -0.25) is 9.59 Å². The zero-order chi connectivity index (χ0) is 18.8. The number of ether oxygens (including phenoxy) is 1. The first-order valence-corrected chi connectivity index (χ1v) is 9.68. The molecule has 5 nitrogen and oxygen atoms in total. The second-order valence-corrected chi connectivity index (χ2v) is 7.23. The van der Waals surface area contributed by atoms with Crippen molar-refractivity contribution in [3.63, 3.8) is 0 Å². The molecule has 27 heavy (non-hydrogen) atoms. The standard InChI is InChI=1S/C22H24N2O3/c1-2-24-18-9-5-6-10-20(18)27-19-12-11-16(14-17(19)22(24)26)23-21(25)13-15-7-3-4-8-15/h5-6,9-12,14-15H,2-4,7-8,13H2,1H3,(H,23,25). The van der Waals surface area contributed by atoms with Crippen molar-refractivity contribution in [1.29, 1.82) is 0 Å². The predicted molar refractivity (Wildman–Crippen MR) is 106 cm³/mol. The van der Waals surface area contributed by atoms with E-state index in [0.29, 0.717) is 41.6 Å². The Labute approximate surface area is 159 Å². The first-order valence-electron chi connectivity index (χ1n) is 9.68. The van der Waals surface area contributed by atoms with E-state index in [9.17, 15) is 9.59 Å². The van der Waals surface area contributed by atoms with Crippen LogP contribution in [-0.4, -0.2) is 18.4 Å². The Bertz CT molecular complexity index is 872. The fraction of sp³-hybridized carbons (Fsp3) is 0.364. The maximum Gasteiger partial charge on any atom is 0.262 e. The highest BCUT2D eigenvalue weighted by molar-refractivity contribution is 6.10. The van der Waals surface area contributed by atoms with Gasteiger partial charge in [-0.2, -0.15) is 0 Å². The normalized spacial score (nSPS) is 16.3. The molecule has 0 unspecified atom stereocenters. The number of fused-ring (bicyclic) bond motifs is 2. The van der Waals surface area contributed by atoms with Gasteiger partial charge in [-0.15, -0.1) is 0 Å². The van der Waals surface area contributed by atoms with E-state index in [4.69, 9.17) is 4.74 Å². The van der Waals surface area contributed by atoms with Crippen LogP contribution in [0.25, 0.3) is 0 Å². The number of amides is 2. The van der Waals surface area contributed by atoms with Crippen LogP contribution in [0.4, 0.5) is 11.4 Å². The van der Waals surface area contributed by atoms with Gasteiger partial charge in [0.25, 0.3) is 5.91 Å². The molecule has 2 aliphatic rings. The second kappa shape index (κ2) is 7.43. The summed E-state index contributed by atoms with van der Waals surface area (Å²) in [6.45, 7) is 2.48. The van der Waals surface area contributed by atoms with Crippen LogP contribution in [0.1, 0.15) is 49.4 Å².